The molecule has 51 heavy (non-hydrogen) atoms. The second-order valence-electron chi connectivity index (χ2n) is 13.9. The monoisotopic (exact) mass is 727 g/mol. The number of hydrogen-bond donors (Lipinski definition) is 4. The highest BCUT2D eigenvalue weighted by molar-refractivity contribution is 7.91. The number of nitrogens with zero attached hydrogens (tertiary/aromatic N) is 1. The Hall–Kier alpha value is -3.71. The number of benzene rings is 3. The molecule has 2 amide bonds. The summed E-state index contributed by atoms with van der Waals surface area (Å²) in [7, 11) is -3.68. The number of aliphatic hydroxyl groups is 2. The van der Waals surface area contributed by atoms with Gasteiger partial charge in [0, 0.05) is 49.5 Å². The molecule has 0 unspecified atom stereocenters. The Bertz CT molecular complexity index is 1780. The number of sulfone groups is 1. The van der Waals surface area contributed by atoms with E-state index in [1.807, 2.05) is 39.8 Å². The van der Waals surface area contributed by atoms with Gasteiger partial charge in [0.25, 0.3) is 11.8 Å². The van der Waals surface area contributed by atoms with Crippen molar-refractivity contribution in [3.63, 3.8) is 0 Å². The Kier molecular flexibility index (Phi) is 13.9. The first-order valence-corrected chi connectivity index (χ1v) is 19.4. The van der Waals surface area contributed by atoms with E-state index >= 15 is 0 Å². The Morgan fingerprint density at radius 3 is 2.22 bits per heavy atom. The zero-order valence-electron chi connectivity index (χ0n) is 30.1. The van der Waals surface area contributed by atoms with Crippen LogP contribution in [0.4, 0.5) is 8.78 Å². The van der Waals surface area contributed by atoms with Gasteiger partial charge in [0.15, 0.2) is 9.84 Å². The molecule has 1 aliphatic rings. The number of carbonyl (C=O) groups is 2. The van der Waals surface area contributed by atoms with Crippen molar-refractivity contribution in [1.82, 2.24) is 15.5 Å². The van der Waals surface area contributed by atoms with Crippen molar-refractivity contribution < 1.29 is 37.0 Å². The molecule has 278 valence electrons. The van der Waals surface area contributed by atoms with Crippen LogP contribution in [-0.4, -0.2) is 79.0 Å². The van der Waals surface area contributed by atoms with Crippen LogP contribution in [0.3, 0.4) is 0 Å². The van der Waals surface area contributed by atoms with Crippen LogP contribution in [-0.2, 0) is 22.0 Å². The zero-order chi connectivity index (χ0) is 37.5. The van der Waals surface area contributed by atoms with Gasteiger partial charge in [-0.3, -0.25) is 9.59 Å². The summed E-state index contributed by atoms with van der Waals surface area (Å²) in [4.78, 5) is 28.9. The van der Waals surface area contributed by atoms with Crippen LogP contribution in [0.2, 0.25) is 0 Å². The molecule has 0 saturated heterocycles. The molecule has 3 aromatic carbocycles. The van der Waals surface area contributed by atoms with Crippen molar-refractivity contribution in [1.29, 1.82) is 0 Å². The van der Waals surface area contributed by atoms with Crippen LogP contribution in [0.5, 0.6) is 0 Å². The summed E-state index contributed by atoms with van der Waals surface area (Å²) in [6, 6.07) is 11.6. The SMILES string of the molecule is CCCN(CCC)C(=O)c1cc(C)cc(C(=O)N[C@@H](Cc2cc(F)cc(F)c2)[C@H](O)CN[C@H]2c3cc(C(C)C)ccc3CS(=O)(=O)[C@H]2CCO)c1. The van der Waals surface area contributed by atoms with Gasteiger partial charge in [-0.2, -0.15) is 0 Å². The van der Waals surface area contributed by atoms with Crippen molar-refractivity contribution >= 4 is 21.7 Å². The van der Waals surface area contributed by atoms with E-state index in [1.165, 1.54) is 6.07 Å². The highest BCUT2D eigenvalue weighted by Gasteiger charge is 2.40. The second-order valence-corrected chi connectivity index (χ2v) is 16.1. The van der Waals surface area contributed by atoms with Gasteiger partial charge >= 0.3 is 0 Å². The molecular weight excluding hydrogens is 677 g/mol. The number of halogens is 2. The van der Waals surface area contributed by atoms with Gasteiger partial charge in [-0.05, 0) is 96.7 Å². The summed E-state index contributed by atoms with van der Waals surface area (Å²) in [6.45, 7) is 10.4. The fourth-order valence-corrected chi connectivity index (χ4v) is 8.85. The molecule has 0 radical (unpaired) electrons. The fraction of sp³-hybridized carbons (Fsp3) is 0.487. The number of nitrogens with one attached hydrogen (secondary N) is 2. The first-order chi connectivity index (χ1) is 24.2. The molecule has 12 heteroatoms. The molecular formula is C39H51F2N3O6S. The minimum Gasteiger partial charge on any atom is -0.396 e. The Labute approximate surface area is 300 Å². The van der Waals surface area contributed by atoms with Gasteiger partial charge < -0.3 is 25.7 Å². The largest absolute Gasteiger partial charge is 0.396 e. The molecule has 0 spiro atoms. The molecule has 4 rings (SSSR count). The predicted molar refractivity (Wildman–Crippen MR) is 194 cm³/mol. The van der Waals surface area contributed by atoms with E-state index in [9.17, 15) is 37.0 Å². The molecule has 0 fully saturated rings. The fourth-order valence-electron chi connectivity index (χ4n) is 6.82. The van der Waals surface area contributed by atoms with E-state index in [1.54, 1.807) is 30.0 Å². The number of aryl methyl sites for hydroxylation is 1. The van der Waals surface area contributed by atoms with Gasteiger partial charge in [0.05, 0.1) is 23.1 Å². The third-order valence-corrected chi connectivity index (χ3v) is 11.5. The van der Waals surface area contributed by atoms with Gasteiger partial charge in [0.1, 0.15) is 11.6 Å². The maximum Gasteiger partial charge on any atom is 0.253 e. The zero-order valence-corrected chi connectivity index (χ0v) is 30.9. The maximum atomic E-state index is 14.2. The van der Waals surface area contributed by atoms with Crippen molar-refractivity contribution in [2.45, 2.75) is 95.4 Å². The number of rotatable bonds is 16. The van der Waals surface area contributed by atoms with E-state index < -0.39 is 50.8 Å². The Balaban J connectivity index is 1.65. The molecule has 4 N–H and O–H groups in total. The highest BCUT2D eigenvalue weighted by Crippen LogP contribution is 2.37. The van der Waals surface area contributed by atoms with E-state index in [4.69, 9.17) is 0 Å². The smallest absolute Gasteiger partial charge is 0.253 e. The summed E-state index contributed by atoms with van der Waals surface area (Å²) >= 11 is 0. The lowest BCUT2D eigenvalue weighted by Crippen LogP contribution is -2.51. The molecule has 9 nitrogen and oxygen atoms in total. The summed E-state index contributed by atoms with van der Waals surface area (Å²) in [5.74, 6) is -2.44. The van der Waals surface area contributed by atoms with Gasteiger partial charge in [-0.1, -0.05) is 45.9 Å². The Morgan fingerprint density at radius 2 is 1.61 bits per heavy atom. The standard InChI is InChI=1S/C39H51F2N3O6S/c1-6-11-44(12-7-2)39(48)30-15-25(5)14-29(19-30)38(47)43-34(18-26-16-31(40)21-32(41)17-26)35(46)22-42-37-33-20-27(24(3)4)8-9-28(33)23-51(49,50)36(37)10-13-45/h8-9,14-17,19-21,24,34-37,42,45-46H,6-7,10-13,18,22-23H2,1-5H3,(H,43,47)/t34-,35+,36-,37-/m0/s1. The number of fused-ring (bicyclic) bond motifs is 1. The van der Waals surface area contributed by atoms with Crippen molar-refractivity contribution in [2.24, 2.45) is 0 Å². The predicted octanol–water partition coefficient (Wildman–Crippen LogP) is 5.37. The number of aliphatic hydroxyl groups excluding tert-OH is 2. The molecule has 1 aliphatic heterocycles. The van der Waals surface area contributed by atoms with Crippen molar-refractivity contribution in [3.05, 3.63) is 105 Å². The van der Waals surface area contributed by atoms with E-state index in [0.717, 1.165) is 42.2 Å². The number of carbonyl (C=O) groups excluding carboxylic acids is 2. The molecule has 0 aliphatic carbocycles. The summed E-state index contributed by atoms with van der Waals surface area (Å²) < 4.78 is 55.3. The normalized spacial score (nSPS) is 17.8. The quantitative estimate of drug-likeness (QED) is 0.156. The van der Waals surface area contributed by atoms with Gasteiger partial charge in [0.2, 0.25) is 0 Å². The molecule has 0 aromatic heterocycles. The average Bonchev–Trinajstić information content (AvgIpc) is 3.06. The highest BCUT2D eigenvalue weighted by atomic mass is 32.2. The van der Waals surface area contributed by atoms with E-state index in [0.29, 0.717) is 29.8 Å². The lowest BCUT2D eigenvalue weighted by Gasteiger charge is -2.36. The number of amides is 2. The third-order valence-electron chi connectivity index (χ3n) is 9.34. The van der Waals surface area contributed by atoms with Crippen LogP contribution in [0.15, 0.2) is 54.6 Å². The molecule has 4 atom stereocenters. The summed E-state index contributed by atoms with van der Waals surface area (Å²) in [6.07, 6.45) is 0.0200. The van der Waals surface area contributed by atoms with Crippen LogP contribution < -0.4 is 10.6 Å². The topological polar surface area (TPSA) is 136 Å². The van der Waals surface area contributed by atoms with Crippen LogP contribution in [0.1, 0.15) is 107 Å². The first kappa shape index (κ1) is 40.1. The second kappa shape index (κ2) is 17.7. The lowest BCUT2D eigenvalue weighted by molar-refractivity contribution is 0.0755. The summed E-state index contributed by atoms with van der Waals surface area (Å²) in [5.41, 5.74) is 3.78. The molecule has 0 saturated carbocycles. The molecule has 3 aromatic rings. The molecule has 0 bridgehead atoms. The average molecular weight is 728 g/mol. The van der Waals surface area contributed by atoms with Crippen molar-refractivity contribution in [2.75, 3.05) is 26.2 Å². The lowest BCUT2D eigenvalue weighted by atomic mass is 9.91. The Morgan fingerprint density at radius 1 is 0.961 bits per heavy atom. The molecule has 1 heterocycles. The number of hydrogen-bond acceptors (Lipinski definition) is 7. The van der Waals surface area contributed by atoms with E-state index in [2.05, 4.69) is 10.6 Å². The van der Waals surface area contributed by atoms with Crippen LogP contribution in [0.25, 0.3) is 0 Å². The van der Waals surface area contributed by atoms with E-state index in [-0.39, 0.29) is 54.7 Å². The maximum absolute atomic E-state index is 14.2. The summed E-state index contributed by atoms with van der Waals surface area (Å²) in [5, 5.41) is 26.5. The first-order valence-electron chi connectivity index (χ1n) is 17.7. The van der Waals surface area contributed by atoms with Gasteiger partial charge in [-0.25, -0.2) is 17.2 Å². The van der Waals surface area contributed by atoms with Crippen LogP contribution >= 0.6 is 0 Å². The van der Waals surface area contributed by atoms with Crippen LogP contribution in [0, 0.1) is 18.6 Å². The van der Waals surface area contributed by atoms with Crippen molar-refractivity contribution in [3.8, 4) is 0 Å². The van der Waals surface area contributed by atoms with Gasteiger partial charge in [-0.15, -0.1) is 0 Å². The third kappa shape index (κ3) is 10.2. The minimum absolute atomic E-state index is 0.0213. The minimum atomic E-state index is -3.68.